The van der Waals surface area contributed by atoms with E-state index in [2.05, 4.69) is 36.3 Å². The van der Waals surface area contributed by atoms with Crippen LogP contribution in [0, 0.1) is 0 Å². The first kappa shape index (κ1) is 16.6. The van der Waals surface area contributed by atoms with E-state index in [1.807, 2.05) is 6.92 Å². The Morgan fingerprint density at radius 3 is 3.04 bits per heavy atom. The van der Waals surface area contributed by atoms with Gasteiger partial charge in [-0.15, -0.1) is 0 Å². The van der Waals surface area contributed by atoms with Crippen LogP contribution in [0.15, 0.2) is 12.1 Å². The van der Waals surface area contributed by atoms with E-state index < -0.39 is 0 Å². The van der Waals surface area contributed by atoms with Gasteiger partial charge in [0.2, 0.25) is 0 Å². The van der Waals surface area contributed by atoms with Crippen LogP contribution in [0.5, 0.6) is 11.5 Å². The third-order valence-corrected chi connectivity index (χ3v) is 4.38. The quantitative estimate of drug-likeness (QED) is 0.866. The van der Waals surface area contributed by atoms with Crippen LogP contribution in [0.2, 0.25) is 0 Å². The highest BCUT2D eigenvalue weighted by Gasteiger charge is 2.24. The first-order valence-electron chi connectivity index (χ1n) is 8.61. The van der Waals surface area contributed by atoms with Gasteiger partial charge in [0, 0.05) is 43.7 Å². The molecule has 1 N–H and O–H groups in total. The number of benzene rings is 1. The molecular formula is C18H28N2O3. The number of nitrogens with zero attached hydrogens (tertiary/aromatic N) is 1. The van der Waals surface area contributed by atoms with Crippen molar-refractivity contribution in [3.05, 3.63) is 23.3 Å². The van der Waals surface area contributed by atoms with Gasteiger partial charge in [-0.05, 0) is 33.0 Å². The first-order chi connectivity index (χ1) is 11.2. The second-order valence-electron chi connectivity index (χ2n) is 6.52. The normalized spacial score (nSPS) is 24.3. The predicted molar refractivity (Wildman–Crippen MR) is 90.3 cm³/mol. The van der Waals surface area contributed by atoms with E-state index in [1.54, 1.807) is 0 Å². The summed E-state index contributed by atoms with van der Waals surface area (Å²) in [5, 5.41) is 3.52. The minimum absolute atomic E-state index is 0.246. The molecule has 3 rings (SSSR count). The Balaban J connectivity index is 1.62. The molecule has 5 heteroatoms. The van der Waals surface area contributed by atoms with Crippen molar-refractivity contribution in [2.24, 2.45) is 0 Å². The van der Waals surface area contributed by atoms with Crippen molar-refractivity contribution >= 4 is 0 Å². The predicted octanol–water partition coefficient (Wildman–Crippen LogP) is 1.83. The topological polar surface area (TPSA) is 43.0 Å². The molecule has 1 fully saturated rings. The summed E-state index contributed by atoms with van der Waals surface area (Å²) in [6.07, 6.45) is 1.47. The van der Waals surface area contributed by atoms with Gasteiger partial charge in [-0.25, -0.2) is 0 Å². The van der Waals surface area contributed by atoms with Crippen LogP contribution >= 0.6 is 0 Å². The Labute approximate surface area is 138 Å². The minimum Gasteiger partial charge on any atom is -0.494 e. The largest absolute Gasteiger partial charge is 0.494 e. The highest BCUT2D eigenvalue weighted by molar-refractivity contribution is 5.49. The van der Waals surface area contributed by atoms with E-state index in [-0.39, 0.29) is 12.2 Å². The zero-order chi connectivity index (χ0) is 16.2. The van der Waals surface area contributed by atoms with Gasteiger partial charge in [0.1, 0.15) is 17.6 Å². The van der Waals surface area contributed by atoms with Gasteiger partial charge in [0.25, 0.3) is 0 Å². The Morgan fingerprint density at radius 1 is 1.39 bits per heavy atom. The van der Waals surface area contributed by atoms with Gasteiger partial charge in [-0.1, -0.05) is 0 Å². The summed E-state index contributed by atoms with van der Waals surface area (Å²) in [7, 11) is 2.14. The van der Waals surface area contributed by atoms with Gasteiger partial charge < -0.3 is 24.4 Å². The van der Waals surface area contributed by atoms with E-state index in [4.69, 9.17) is 14.2 Å². The number of nitrogens with one attached hydrogen (secondary N) is 1. The zero-order valence-electron chi connectivity index (χ0n) is 14.4. The van der Waals surface area contributed by atoms with Gasteiger partial charge in [0.15, 0.2) is 0 Å². The van der Waals surface area contributed by atoms with Crippen LogP contribution in [0.3, 0.4) is 0 Å². The summed E-state index contributed by atoms with van der Waals surface area (Å²) in [5.74, 6) is 1.98. The molecule has 5 nitrogen and oxygen atoms in total. The van der Waals surface area contributed by atoms with Crippen molar-refractivity contribution in [2.75, 3.05) is 39.9 Å². The summed E-state index contributed by atoms with van der Waals surface area (Å²) in [5.41, 5.74) is 2.44. The average Bonchev–Trinajstić information content (AvgIpc) is 2.88. The maximum absolute atomic E-state index is 6.00. The van der Waals surface area contributed by atoms with Crippen LogP contribution in [-0.4, -0.2) is 57.0 Å². The van der Waals surface area contributed by atoms with Crippen molar-refractivity contribution in [3.63, 3.8) is 0 Å². The smallest absolute Gasteiger partial charge is 0.127 e. The number of hydrogen-bond acceptors (Lipinski definition) is 5. The molecule has 0 bridgehead atoms. The van der Waals surface area contributed by atoms with Crippen molar-refractivity contribution in [2.45, 2.75) is 39.0 Å². The molecule has 128 valence electrons. The zero-order valence-corrected chi connectivity index (χ0v) is 14.4. The van der Waals surface area contributed by atoms with E-state index in [0.29, 0.717) is 6.61 Å². The van der Waals surface area contributed by atoms with Gasteiger partial charge >= 0.3 is 0 Å². The molecule has 2 aliphatic rings. The van der Waals surface area contributed by atoms with Crippen LogP contribution in [0.25, 0.3) is 0 Å². The maximum Gasteiger partial charge on any atom is 0.127 e. The number of rotatable bonds is 6. The summed E-state index contributed by atoms with van der Waals surface area (Å²) in [6, 6.07) is 4.21. The lowest BCUT2D eigenvalue weighted by molar-refractivity contribution is -0.0182. The fourth-order valence-corrected chi connectivity index (χ4v) is 3.32. The number of ether oxygens (including phenoxy) is 3. The molecule has 1 saturated heterocycles. The van der Waals surface area contributed by atoms with E-state index >= 15 is 0 Å². The highest BCUT2D eigenvalue weighted by Crippen LogP contribution is 2.36. The molecule has 1 aromatic rings. The lowest BCUT2D eigenvalue weighted by Crippen LogP contribution is -2.44. The SMILES string of the molecule is CCOc1cc(CNC[C@H]2CN(C)CCO2)c2c(c1)C[C@@H](C)O2. The average molecular weight is 320 g/mol. The third kappa shape index (κ3) is 4.16. The standard InChI is InChI=1S/C18H28N2O3/c1-4-21-16-8-14-7-13(2)23-18(14)15(9-16)10-19-11-17-12-20(3)5-6-22-17/h8-9,13,17,19H,4-7,10-12H2,1-3H3/t13-,17+/m1/s1. The molecule has 2 aliphatic heterocycles. The highest BCUT2D eigenvalue weighted by atomic mass is 16.5. The second-order valence-corrected chi connectivity index (χ2v) is 6.52. The monoisotopic (exact) mass is 320 g/mol. The van der Waals surface area contributed by atoms with Gasteiger partial charge in [-0.2, -0.15) is 0 Å². The second kappa shape index (κ2) is 7.51. The van der Waals surface area contributed by atoms with Gasteiger partial charge in [0.05, 0.1) is 19.3 Å². The molecule has 0 spiro atoms. The molecule has 0 aromatic heterocycles. The van der Waals surface area contributed by atoms with Crippen LogP contribution in [0.1, 0.15) is 25.0 Å². The van der Waals surface area contributed by atoms with Crippen molar-refractivity contribution < 1.29 is 14.2 Å². The van der Waals surface area contributed by atoms with E-state index in [9.17, 15) is 0 Å². The first-order valence-corrected chi connectivity index (χ1v) is 8.61. The third-order valence-electron chi connectivity index (χ3n) is 4.38. The summed E-state index contributed by atoms with van der Waals surface area (Å²) in [6.45, 7) is 9.27. The lowest BCUT2D eigenvalue weighted by atomic mass is 10.1. The fraction of sp³-hybridized carbons (Fsp3) is 0.667. The molecule has 0 unspecified atom stereocenters. The molecule has 0 aliphatic carbocycles. The Hall–Kier alpha value is -1.30. The summed E-state index contributed by atoms with van der Waals surface area (Å²) >= 11 is 0. The maximum atomic E-state index is 6.00. The van der Waals surface area contributed by atoms with Crippen molar-refractivity contribution in [1.82, 2.24) is 10.2 Å². The fourth-order valence-electron chi connectivity index (χ4n) is 3.32. The van der Waals surface area contributed by atoms with E-state index in [0.717, 1.165) is 50.7 Å². The minimum atomic E-state index is 0.246. The Morgan fingerprint density at radius 2 is 2.26 bits per heavy atom. The molecule has 2 atom stereocenters. The molecule has 0 amide bonds. The van der Waals surface area contributed by atoms with Gasteiger partial charge in [-0.3, -0.25) is 0 Å². The number of hydrogen-bond donors (Lipinski definition) is 1. The van der Waals surface area contributed by atoms with Crippen LogP contribution < -0.4 is 14.8 Å². The molecule has 0 saturated carbocycles. The molecule has 2 heterocycles. The summed E-state index contributed by atoms with van der Waals surface area (Å²) in [4.78, 5) is 2.31. The molecular weight excluding hydrogens is 292 g/mol. The van der Waals surface area contributed by atoms with Crippen molar-refractivity contribution in [1.29, 1.82) is 0 Å². The number of likely N-dealkylation sites (N-methyl/N-ethyl adjacent to an activating group) is 1. The Bertz CT molecular complexity index is 535. The molecule has 0 radical (unpaired) electrons. The Kier molecular flexibility index (Phi) is 5.41. The van der Waals surface area contributed by atoms with Crippen LogP contribution in [0.4, 0.5) is 0 Å². The van der Waals surface area contributed by atoms with Crippen LogP contribution in [-0.2, 0) is 17.7 Å². The molecule has 23 heavy (non-hydrogen) atoms. The number of fused-ring (bicyclic) bond motifs is 1. The molecule has 1 aromatic carbocycles. The van der Waals surface area contributed by atoms with Crippen molar-refractivity contribution in [3.8, 4) is 11.5 Å². The summed E-state index contributed by atoms with van der Waals surface area (Å²) < 4.78 is 17.5. The lowest BCUT2D eigenvalue weighted by Gasteiger charge is -2.30. The van der Waals surface area contributed by atoms with E-state index in [1.165, 1.54) is 11.1 Å². The number of morpholine rings is 1.